The third-order valence-corrected chi connectivity index (χ3v) is 6.19. The first kappa shape index (κ1) is 26.4. The lowest BCUT2D eigenvalue weighted by Crippen LogP contribution is -2.24. The van der Waals surface area contributed by atoms with Crippen LogP contribution in [0.4, 0.5) is 5.69 Å². The third-order valence-electron chi connectivity index (χ3n) is 4.58. The Bertz CT molecular complexity index is 1250. The normalized spacial score (nSPS) is 10.5. The Morgan fingerprint density at radius 3 is 2.29 bits per heavy atom. The first-order chi connectivity index (χ1) is 16.9. The highest BCUT2D eigenvalue weighted by Gasteiger charge is 2.11. The quantitative estimate of drug-likeness (QED) is 0.144. The zero-order chi connectivity index (χ0) is 25.2. The summed E-state index contributed by atoms with van der Waals surface area (Å²) < 4.78 is 12.8. The van der Waals surface area contributed by atoms with Crippen molar-refractivity contribution in [1.29, 1.82) is 5.26 Å². The number of nitrogens with zero attached hydrogens (tertiary/aromatic N) is 2. The van der Waals surface area contributed by atoms with Crippen molar-refractivity contribution in [1.82, 2.24) is 5.43 Å². The molecule has 0 atom stereocenters. The summed E-state index contributed by atoms with van der Waals surface area (Å²) in [5.41, 5.74) is 5.27. The van der Waals surface area contributed by atoms with Crippen molar-refractivity contribution in [2.45, 2.75) is 13.0 Å². The number of anilines is 1. The Labute approximate surface area is 230 Å². The Morgan fingerprint density at radius 1 is 1.03 bits per heavy atom. The molecule has 0 aliphatic carbocycles. The number of rotatable bonds is 9. The lowest BCUT2D eigenvalue weighted by atomic mass is 10.1. The number of hydrogen-bond donors (Lipinski definition) is 2. The number of nitrogens with one attached hydrogen (secondary N) is 2. The maximum absolute atomic E-state index is 12.0. The van der Waals surface area contributed by atoms with Gasteiger partial charge in [-0.3, -0.25) is 9.59 Å². The van der Waals surface area contributed by atoms with Gasteiger partial charge in [-0.2, -0.15) is 10.4 Å². The molecule has 178 valence electrons. The van der Waals surface area contributed by atoms with E-state index < -0.39 is 11.8 Å². The number of carbonyl (C=O) groups is 2. The summed E-state index contributed by atoms with van der Waals surface area (Å²) in [5.74, 6) is 0.437. The smallest absolute Gasteiger partial charge is 0.249 e. The number of methoxy groups -OCH3 is 1. The standard InChI is InChI=1S/C25H20I2N4O4/c1-34-20-8-6-19(7-9-20)30-23(32)12-24(33)31-29-14-18-10-21(26)25(22(27)11-18)35-15-17-4-2-16(13-28)3-5-17/h2-11,14H,12,15H2,1H3,(H,30,32)(H,31,33). The van der Waals surface area contributed by atoms with Crippen LogP contribution in [0, 0.1) is 18.5 Å². The summed E-state index contributed by atoms with van der Waals surface area (Å²) in [4.78, 5) is 24.1. The molecule has 35 heavy (non-hydrogen) atoms. The lowest BCUT2D eigenvalue weighted by molar-refractivity contribution is -0.126. The summed E-state index contributed by atoms with van der Waals surface area (Å²) in [6, 6.07) is 19.9. The highest BCUT2D eigenvalue weighted by Crippen LogP contribution is 2.29. The fraction of sp³-hybridized carbons (Fsp3) is 0.120. The maximum atomic E-state index is 12.0. The van der Waals surface area contributed by atoms with Gasteiger partial charge in [0.1, 0.15) is 24.5 Å². The molecule has 0 spiro atoms. The van der Waals surface area contributed by atoms with E-state index in [1.807, 2.05) is 24.3 Å². The van der Waals surface area contributed by atoms with Crippen molar-refractivity contribution in [2.24, 2.45) is 5.10 Å². The van der Waals surface area contributed by atoms with Gasteiger partial charge >= 0.3 is 0 Å². The van der Waals surface area contributed by atoms with E-state index in [-0.39, 0.29) is 6.42 Å². The number of carbonyl (C=O) groups excluding carboxylic acids is 2. The molecule has 0 saturated carbocycles. The molecule has 10 heteroatoms. The molecule has 0 radical (unpaired) electrons. The van der Waals surface area contributed by atoms with Gasteiger partial charge in [-0.05, 0) is 105 Å². The van der Waals surface area contributed by atoms with Crippen molar-refractivity contribution in [2.75, 3.05) is 12.4 Å². The zero-order valence-corrected chi connectivity index (χ0v) is 22.9. The van der Waals surface area contributed by atoms with E-state index in [0.717, 1.165) is 24.0 Å². The molecule has 3 aromatic carbocycles. The molecule has 0 aliphatic rings. The van der Waals surface area contributed by atoms with Gasteiger partial charge < -0.3 is 14.8 Å². The summed E-state index contributed by atoms with van der Waals surface area (Å²) in [5, 5.41) is 15.5. The van der Waals surface area contributed by atoms with Gasteiger partial charge in [-0.25, -0.2) is 5.43 Å². The van der Waals surface area contributed by atoms with Crippen LogP contribution in [0.15, 0.2) is 65.8 Å². The third kappa shape index (κ3) is 8.22. The molecule has 0 aromatic heterocycles. The topological polar surface area (TPSA) is 113 Å². The predicted molar refractivity (Wildman–Crippen MR) is 149 cm³/mol. The molecule has 0 heterocycles. The van der Waals surface area contributed by atoms with Crippen molar-refractivity contribution in [3.05, 3.63) is 84.5 Å². The van der Waals surface area contributed by atoms with Crippen molar-refractivity contribution >= 4 is 68.9 Å². The molecule has 2 N–H and O–H groups in total. The van der Waals surface area contributed by atoms with Crippen LogP contribution in [-0.2, 0) is 16.2 Å². The lowest BCUT2D eigenvalue weighted by Gasteiger charge is -2.11. The van der Waals surface area contributed by atoms with Gasteiger partial charge in [0, 0.05) is 5.69 Å². The van der Waals surface area contributed by atoms with E-state index in [1.54, 1.807) is 43.5 Å². The fourth-order valence-electron chi connectivity index (χ4n) is 2.87. The monoisotopic (exact) mass is 694 g/mol. The largest absolute Gasteiger partial charge is 0.497 e. The first-order valence-electron chi connectivity index (χ1n) is 10.2. The Hall–Kier alpha value is -3.18. The second kappa shape index (κ2) is 13.1. The molecular formula is C25H20I2N4O4. The minimum absolute atomic E-state index is 0.361. The van der Waals surface area contributed by atoms with Gasteiger partial charge in [0.25, 0.3) is 0 Å². The van der Waals surface area contributed by atoms with Crippen molar-refractivity contribution < 1.29 is 19.1 Å². The summed E-state index contributed by atoms with van der Waals surface area (Å²) >= 11 is 4.36. The number of nitriles is 1. The van der Waals surface area contributed by atoms with Crippen LogP contribution in [0.2, 0.25) is 0 Å². The van der Waals surface area contributed by atoms with Gasteiger partial charge in [-0.15, -0.1) is 0 Å². The summed E-state index contributed by atoms with van der Waals surface area (Å²) in [6.45, 7) is 0.375. The van der Waals surface area contributed by atoms with Crippen LogP contribution in [0.25, 0.3) is 0 Å². The van der Waals surface area contributed by atoms with Crippen molar-refractivity contribution in [3.63, 3.8) is 0 Å². The number of halogens is 2. The SMILES string of the molecule is COc1ccc(NC(=O)CC(=O)NN=Cc2cc(I)c(OCc3ccc(C#N)cc3)c(I)c2)cc1. The van der Waals surface area contributed by atoms with Gasteiger partial charge in [0.15, 0.2) is 0 Å². The van der Waals surface area contributed by atoms with Crippen LogP contribution in [0.5, 0.6) is 11.5 Å². The average Bonchev–Trinajstić information content (AvgIpc) is 2.84. The highest BCUT2D eigenvalue weighted by molar-refractivity contribution is 14.1. The number of amides is 2. The van der Waals surface area contributed by atoms with E-state index in [4.69, 9.17) is 14.7 Å². The summed E-state index contributed by atoms with van der Waals surface area (Å²) in [7, 11) is 1.56. The molecule has 8 nitrogen and oxygen atoms in total. The Morgan fingerprint density at radius 2 is 1.69 bits per heavy atom. The minimum Gasteiger partial charge on any atom is -0.497 e. The molecule has 0 fully saturated rings. The van der Waals surface area contributed by atoms with E-state index in [9.17, 15) is 9.59 Å². The molecule has 2 amide bonds. The van der Waals surface area contributed by atoms with Crippen LogP contribution < -0.4 is 20.2 Å². The van der Waals surface area contributed by atoms with Crippen molar-refractivity contribution in [3.8, 4) is 17.6 Å². The molecule has 0 saturated heterocycles. The molecule has 0 bridgehead atoms. The minimum atomic E-state index is -0.529. The van der Waals surface area contributed by atoms with Gasteiger partial charge in [-0.1, -0.05) is 12.1 Å². The van der Waals surface area contributed by atoms with E-state index in [0.29, 0.717) is 23.6 Å². The van der Waals surface area contributed by atoms with E-state index in [2.05, 4.69) is 67.1 Å². The van der Waals surface area contributed by atoms with Gasteiger partial charge in [0.2, 0.25) is 11.8 Å². The second-order valence-electron chi connectivity index (χ2n) is 7.16. The van der Waals surface area contributed by atoms with Crippen LogP contribution in [0.3, 0.4) is 0 Å². The number of hydrogen-bond acceptors (Lipinski definition) is 6. The summed E-state index contributed by atoms with van der Waals surface area (Å²) in [6.07, 6.45) is 1.15. The van der Waals surface area contributed by atoms with Gasteiger partial charge in [0.05, 0.1) is 32.1 Å². The Balaban J connectivity index is 1.51. The number of benzene rings is 3. The molecular weight excluding hydrogens is 674 g/mol. The fourth-order valence-corrected chi connectivity index (χ4v) is 4.99. The van der Waals surface area contributed by atoms with Crippen LogP contribution >= 0.6 is 45.2 Å². The number of ether oxygens (including phenoxy) is 2. The van der Waals surface area contributed by atoms with E-state index >= 15 is 0 Å². The molecule has 0 unspecified atom stereocenters. The van der Waals surface area contributed by atoms with Crippen LogP contribution in [-0.4, -0.2) is 25.1 Å². The molecule has 0 aliphatic heterocycles. The number of hydrazone groups is 1. The highest BCUT2D eigenvalue weighted by atomic mass is 127. The first-order valence-corrected chi connectivity index (χ1v) is 12.4. The predicted octanol–water partition coefficient (Wildman–Crippen LogP) is 4.83. The van der Waals surface area contributed by atoms with Crippen LogP contribution in [0.1, 0.15) is 23.1 Å². The average molecular weight is 694 g/mol. The zero-order valence-electron chi connectivity index (χ0n) is 18.5. The molecule has 3 rings (SSSR count). The second-order valence-corrected chi connectivity index (χ2v) is 9.48. The van der Waals surface area contributed by atoms with E-state index in [1.165, 1.54) is 6.21 Å². The molecule has 3 aromatic rings. The maximum Gasteiger partial charge on any atom is 0.249 e. The Kier molecular flexibility index (Phi) is 9.86.